The fourth-order valence-electron chi connectivity index (χ4n) is 4.59. The maximum Gasteiger partial charge on any atom is 0.264 e. The van der Waals surface area contributed by atoms with Gasteiger partial charge in [-0.1, -0.05) is 0 Å². The summed E-state index contributed by atoms with van der Waals surface area (Å²) in [6.45, 7) is 3.88. The predicted molar refractivity (Wildman–Crippen MR) is 124 cm³/mol. The molecule has 0 amide bonds. The summed E-state index contributed by atoms with van der Waals surface area (Å²) in [5.41, 5.74) is 1.21. The molecule has 172 valence electrons. The Morgan fingerprint density at radius 2 is 1.91 bits per heavy atom. The number of halogens is 2. The van der Waals surface area contributed by atoms with E-state index in [1.807, 2.05) is 11.8 Å². The van der Waals surface area contributed by atoms with Gasteiger partial charge in [0.05, 0.1) is 6.10 Å². The monoisotopic (exact) mass is 461 g/mol. The number of nitrogens with zero attached hydrogens (tertiary/aromatic N) is 4. The van der Waals surface area contributed by atoms with E-state index >= 15 is 0 Å². The lowest BCUT2D eigenvalue weighted by molar-refractivity contribution is 0.0783. The van der Waals surface area contributed by atoms with Crippen molar-refractivity contribution in [1.82, 2.24) is 14.9 Å². The molecule has 3 saturated heterocycles. The summed E-state index contributed by atoms with van der Waals surface area (Å²) in [5, 5.41) is 3.17. The van der Waals surface area contributed by atoms with Gasteiger partial charge in [0.2, 0.25) is 0 Å². The number of thioether (sulfide) groups is 1. The maximum absolute atomic E-state index is 13.1. The van der Waals surface area contributed by atoms with Crippen LogP contribution in [0.4, 0.5) is 26.2 Å². The van der Waals surface area contributed by atoms with Crippen LogP contribution in [0.15, 0.2) is 30.5 Å². The quantitative estimate of drug-likeness (QED) is 0.660. The zero-order valence-corrected chi connectivity index (χ0v) is 19.0. The summed E-state index contributed by atoms with van der Waals surface area (Å²) in [6.07, 6.45) is 1.36. The number of alkyl halides is 2. The van der Waals surface area contributed by atoms with Crippen LogP contribution in [-0.4, -0.2) is 71.8 Å². The zero-order valence-electron chi connectivity index (χ0n) is 18.2. The zero-order chi connectivity index (χ0) is 22.1. The van der Waals surface area contributed by atoms with E-state index in [2.05, 4.69) is 32.2 Å². The summed E-state index contributed by atoms with van der Waals surface area (Å²) in [7, 11) is 1.73. The predicted octanol–water partition coefficient (Wildman–Crippen LogP) is 4.29. The number of nitrogens with one attached hydrogen (secondary N) is 1. The molecule has 0 radical (unpaired) electrons. The van der Waals surface area contributed by atoms with Crippen molar-refractivity contribution in [3.8, 4) is 0 Å². The molecule has 0 spiro atoms. The van der Waals surface area contributed by atoms with E-state index in [4.69, 9.17) is 9.72 Å². The third-order valence-corrected chi connectivity index (χ3v) is 8.01. The van der Waals surface area contributed by atoms with Crippen molar-refractivity contribution in [2.45, 2.75) is 37.3 Å². The van der Waals surface area contributed by atoms with Crippen LogP contribution in [0, 0.1) is 0 Å². The molecule has 0 bridgehead atoms. The van der Waals surface area contributed by atoms with Gasteiger partial charge in [0.1, 0.15) is 17.5 Å². The molecule has 3 aliphatic rings. The van der Waals surface area contributed by atoms with Crippen molar-refractivity contribution in [3.63, 3.8) is 0 Å². The van der Waals surface area contributed by atoms with Crippen molar-refractivity contribution in [2.75, 3.05) is 55.0 Å². The van der Waals surface area contributed by atoms with Crippen LogP contribution in [-0.2, 0) is 4.74 Å². The number of piperidine rings is 1. The van der Waals surface area contributed by atoms with Crippen LogP contribution in [0.5, 0.6) is 0 Å². The molecule has 0 aliphatic carbocycles. The highest BCUT2D eigenvalue weighted by molar-refractivity contribution is 8.00. The Kier molecular flexibility index (Phi) is 6.48. The number of hydrogen-bond acceptors (Lipinski definition) is 7. The smallest absolute Gasteiger partial charge is 0.264 e. The highest BCUT2D eigenvalue weighted by Gasteiger charge is 2.31. The van der Waals surface area contributed by atoms with Gasteiger partial charge >= 0.3 is 0 Å². The normalized spacial score (nSPS) is 20.9. The van der Waals surface area contributed by atoms with Gasteiger partial charge in [-0.3, -0.25) is 4.90 Å². The minimum absolute atomic E-state index is 0.0499. The van der Waals surface area contributed by atoms with Crippen molar-refractivity contribution in [3.05, 3.63) is 41.6 Å². The van der Waals surface area contributed by atoms with Gasteiger partial charge in [0.15, 0.2) is 0 Å². The number of pyridine rings is 2. The lowest BCUT2D eigenvalue weighted by Crippen LogP contribution is -2.52. The van der Waals surface area contributed by atoms with Gasteiger partial charge in [-0.05, 0) is 61.7 Å². The van der Waals surface area contributed by atoms with Gasteiger partial charge in [-0.2, -0.15) is 11.8 Å². The Bertz CT molecular complexity index is 930. The fourth-order valence-corrected chi connectivity index (χ4v) is 5.45. The van der Waals surface area contributed by atoms with Crippen LogP contribution in [0.1, 0.15) is 36.3 Å². The molecule has 5 rings (SSSR count). The molecule has 6 nitrogen and oxygen atoms in total. The van der Waals surface area contributed by atoms with E-state index in [-0.39, 0.29) is 11.7 Å². The number of hydrogen-bond donors (Lipinski definition) is 1. The molecular weight excluding hydrogens is 432 g/mol. The number of rotatable bonds is 7. The Balaban J connectivity index is 1.36. The lowest BCUT2D eigenvalue weighted by Gasteiger charge is -2.42. The first-order valence-corrected chi connectivity index (χ1v) is 12.4. The largest absolute Gasteiger partial charge is 0.378 e. The average molecular weight is 462 g/mol. The van der Waals surface area contributed by atoms with Crippen molar-refractivity contribution < 1.29 is 13.5 Å². The second kappa shape index (κ2) is 9.49. The molecule has 9 heteroatoms. The second-order valence-electron chi connectivity index (χ2n) is 8.81. The van der Waals surface area contributed by atoms with Crippen LogP contribution in [0.25, 0.3) is 0 Å². The standard InChI is InChI=1S/C23H29F2N5OS/c1-31-19-11-30(12-19)22-10-17(15-3-6-29(7-4-15)18-13-32-14-18)9-21(28-22)27-20-8-16(23(24)25)2-5-26-20/h2,5,8-10,15,18-19,23H,3-4,6-7,11-14H2,1H3,(H,26,27,28). The Labute approximate surface area is 191 Å². The lowest BCUT2D eigenvalue weighted by atomic mass is 9.89. The van der Waals surface area contributed by atoms with Crippen molar-refractivity contribution >= 4 is 29.2 Å². The Hall–Kier alpha value is -1.97. The summed E-state index contributed by atoms with van der Waals surface area (Å²) >= 11 is 2.03. The molecule has 2 aromatic heterocycles. The van der Waals surface area contributed by atoms with Crippen molar-refractivity contribution in [1.29, 1.82) is 0 Å². The summed E-state index contributed by atoms with van der Waals surface area (Å²) < 4.78 is 31.6. The molecule has 2 aromatic rings. The van der Waals surface area contributed by atoms with E-state index in [9.17, 15) is 8.78 Å². The summed E-state index contributed by atoms with van der Waals surface area (Å²) in [5.74, 6) is 4.93. The maximum atomic E-state index is 13.1. The Morgan fingerprint density at radius 1 is 1.12 bits per heavy atom. The summed E-state index contributed by atoms with van der Waals surface area (Å²) in [4.78, 5) is 13.8. The molecule has 0 aromatic carbocycles. The van der Waals surface area contributed by atoms with E-state index in [0.717, 1.165) is 50.9 Å². The number of anilines is 3. The highest BCUT2D eigenvalue weighted by atomic mass is 32.2. The number of aromatic nitrogens is 2. The minimum Gasteiger partial charge on any atom is -0.378 e. The molecule has 5 heterocycles. The van der Waals surface area contributed by atoms with Gasteiger partial charge < -0.3 is 15.0 Å². The minimum atomic E-state index is -2.53. The summed E-state index contributed by atoms with van der Waals surface area (Å²) in [6, 6.07) is 7.74. The van der Waals surface area contributed by atoms with Gasteiger partial charge in [-0.15, -0.1) is 0 Å². The van der Waals surface area contributed by atoms with Crippen molar-refractivity contribution in [2.24, 2.45) is 0 Å². The SMILES string of the molecule is COC1CN(c2cc(C3CCN(C4CSC4)CC3)cc(Nc3cc(C(F)F)ccn3)n2)C1. The van der Waals surface area contributed by atoms with Crippen LogP contribution in [0.2, 0.25) is 0 Å². The molecule has 3 fully saturated rings. The first-order valence-electron chi connectivity index (χ1n) is 11.2. The molecule has 0 atom stereocenters. The number of likely N-dealkylation sites (tertiary alicyclic amines) is 1. The molecular formula is C23H29F2N5OS. The second-order valence-corrected chi connectivity index (χ2v) is 9.88. The first-order chi connectivity index (χ1) is 15.6. The van der Waals surface area contributed by atoms with Gasteiger partial charge in [-0.25, -0.2) is 18.7 Å². The first kappa shape index (κ1) is 21.9. The topological polar surface area (TPSA) is 53.5 Å². The highest BCUT2D eigenvalue weighted by Crippen LogP contribution is 2.35. The number of methoxy groups -OCH3 is 1. The molecule has 3 aliphatic heterocycles. The molecule has 1 N–H and O–H groups in total. The van der Waals surface area contributed by atoms with E-state index in [0.29, 0.717) is 17.6 Å². The van der Waals surface area contributed by atoms with Crippen LogP contribution in [0.3, 0.4) is 0 Å². The molecule has 0 unspecified atom stereocenters. The van der Waals surface area contributed by atoms with E-state index in [1.54, 1.807) is 7.11 Å². The van der Waals surface area contributed by atoms with E-state index < -0.39 is 6.43 Å². The third kappa shape index (κ3) is 4.70. The third-order valence-electron chi connectivity index (χ3n) is 6.77. The van der Waals surface area contributed by atoms with Crippen LogP contribution < -0.4 is 10.2 Å². The van der Waals surface area contributed by atoms with Gasteiger partial charge in [0, 0.05) is 49.5 Å². The number of ether oxygens (including phenoxy) is 1. The Morgan fingerprint density at radius 3 is 2.56 bits per heavy atom. The average Bonchev–Trinajstić information content (AvgIpc) is 2.72. The van der Waals surface area contributed by atoms with E-state index in [1.165, 1.54) is 35.4 Å². The molecule has 32 heavy (non-hydrogen) atoms. The van der Waals surface area contributed by atoms with Gasteiger partial charge in [0.25, 0.3) is 6.43 Å². The fraction of sp³-hybridized carbons (Fsp3) is 0.565. The molecule has 0 saturated carbocycles. The van der Waals surface area contributed by atoms with Crippen LogP contribution >= 0.6 is 11.8 Å².